The fraction of sp³-hybridized carbons (Fsp3) is 0.629. The molecule has 8 unspecified atom stereocenters. The van der Waals surface area contributed by atoms with Crippen molar-refractivity contribution in [3.63, 3.8) is 0 Å². The van der Waals surface area contributed by atoms with Gasteiger partial charge >= 0.3 is 0 Å². The molecular formula is C97H144O13. The molecule has 2 fully saturated rings. The number of ether oxygens (including phenoxy) is 12. The zero-order valence-electron chi connectivity index (χ0n) is 74.5. The van der Waals surface area contributed by atoms with E-state index in [1.807, 2.05) is 84.9 Å². The summed E-state index contributed by atoms with van der Waals surface area (Å²) in [5.74, 6) is 5.23. The fourth-order valence-corrected chi connectivity index (χ4v) is 14.7. The summed E-state index contributed by atoms with van der Waals surface area (Å²) in [5.41, 5.74) is 3.07. The summed E-state index contributed by atoms with van der Waals surface area (Å²) in [6.07, 6.45) is 8.75. The number of hydrogen-bond acceptors (Lipinski definition) is 13. The number of benzene rings is 6. The molecule has 0 bridgehead atoms. The van der Waals surface area contributed by atoms with Crippen LogP contribution in [0.4, 0.5) is 0 Å². The van der Waals surface area contributed by atoms with Crippen LogP contribution in [-0.2, 0) is 96.3 Å². The van der Waals surface area contributed by atoms with E-state index >= 15 is 0 Å². The van der Waals surface area contributed by atoms with Crippen LogP contribution in [0.25, 0.3) is 0 Å². The van der Waals surface area contributed by atoms with Gasteiger partial charge in [-0.15, -0.1) is 0 Å². The zero-order chi connectivity index (χ0) is 83.0. The Morgan fingerprint density at radius 2 is 0.609 bits per heavy atom. The van der Waals surface area contributed by atoms with Crippen molar-refractivity contribution in [2.24, 2.45) is 47.3 Å². The number of aliphatic hydroxyl groups excluding tert-OH is 1. The van der Waals surface area contributed by atoms with Gasteiger partial charge in [-0.2, -0.15) is 0 Å². The molecule has 13 heteroatoms. The van der Waals surface area contributed by atoms with Gasteiger partial charge in [-0.05, 0) is 93.6 Å². The van der Waals surface area contributed by atoms with E-state index in [2.05, 4.69) is 69.2 Å². The first-order valence-electron chi connectivity index (χ1n) is 45.7. The monoisotopic (exact) mass is 1520 g/mol. The quantitative estimate of drug-likeness (QED) is 0.0364. The van der Waals surface area contributed by atoms with E-state index in [-0.39, 0.29) is 26.4 Å². The largest absolute Gasteiger partial charge is 0.385 e. The highest BCUT2D eigenvalue weighted by Gasteiger charge is 2.54. The van der Waals surface area contributed by atoms with Gasteiger partial charge < -0.3 is 61.9 Å². The van der Waals surface area contributed by atoms with Crippen LogP contribution >= 0.6 is 0 Å². The predicted octanol–water partition coefficient (Wildman–Crippen LogP) is 22.3. The average molecular weight is 1520 g/mol. The second-order valence-electron chi connectivity index (χ2n) is 32.9. The fourth-order valence-electron chi connectivity index (χ4n) is 14.7. The first kappa shape index (κ1) is 81.4. The molecule has 2 heterocycles. The summed E-state index contributed by atoms with van der Waals surface area (Å²) in [4.78, 5) is 0. The molecule has 2 saturated heterocycles. The molecule has 23 atom stereocenters. The van der Waals surface area contributed by atoms with Crippen LogP contribution in [0.1, 0.15) is 239 Å². The van der Waals surface area contributed by atoms with E-state index in [1.165, 1.54) is 96.3 Å². The van der Waals surface area contributed by atoms with Gasteiger partial charge in [0.15, 0.2) is 12.6 Å². The molecule has 0 saturated carbocycles. The Kier molecular flexibility index (Phi) is 39.2. The lowest BCUT2D eigenvalue weighted by Gasteiger charge is -2.49. The maximum Gasteiger partial charge on any atom is 0.187 e. The first-order valence-corrected chi connectivity index (χ1v) is 42.2. The normalized spacial score (nSPS) is 24.7. The van der Waals surface area contributed by atoms with Gasteiger partial charge in [0.25, 0.3) is 0 Å². The van der Waals surface area contributed by atoms with E-state index in [1.54, 1.807) is 97.1 Å². The van der Waals surface area contributed by atoms with E-state index in [4.69, 9.17) is 56.8 Å². The second-order valence-corrected chi connectivity index (χ2v) is 32.9. The molecule has 2 aliphatic heterocycles. The molecule has 0 aromatic heterocycles. The minimum atomic E-state index is -1.83. The van der Waals surface area contributed by atoms with Crippen LogP contribution in [0.15, 0.2) is 182 Å². The van der Waals surface area contributed by atoms with Gasteiger partial charge in [0.05, 0.1) is 74.1 Å². The van der Waals surface area contributed by atoms with Gasteiger partial charge in [-0.3, -0.25) is 0 Å². The van der Waals surface area contributed by atoms with Crippen molar-refractivity contribution in [1.82, 2.24) is 0 Å². The molecule has 1 N–H and O–H groups in total. The number of aliphatic hydroxyl groups is 1. The lowest BCUT2D eigenvalue weighted by atomic mass is 9.91. The summed E-state index contributed by atoms with van der Waals surface area (Å²) in [6, 6.07) is 54.1. The SMILES string of the molecule is [2H]C(OC[C@H]1OC(O[C@@H]2C(OC[C@@H](COCC[C@H](C)CCC[C@H](C)CCC[C@H](C)CCCC(C)C)OCC[C@H](C)CCC[C@H](C)CCC[C@H](C)CCCC(C)C)O[C@H](COC([2H])c3ccccc3)[C@@H](OC([2H])c3ccccc3)[C@@H]2OC([2H])c2ccccc2)[C@@H](O)[C@@H](OC([2H])c2ccccc2)[C@@H]1OC([2H])c1ccccc1)c1ccccc1. The van der Waals surface area contributed by atoms with Crippen LogP contribution in [0.2, 0.25) is 0 Å². The van der Waals surface area contributed by atoms with Gasteiger partial charge in [0.2, 0.25) is 0 Å². The standard InChI is InChI=1S/C97H144O13/c1-73(2)35-29-37-75(5)39-31-41-77(7)43-33-45-79(9)59-61-99-69-87(102-62-60-80(10)46-34-44-78(8)42-32-40-76(6)38-30-36-74(3)4)70-107-97-95(94(106-68-86-57-27-16-28-58-86)92(104-66-84-53-23-14-24-54-84)89(109-97)72-101-64-82-49-19-12-20-50-82)110-96-90(98)93(105-67-85-55-25-15-26-56-85)91(103-65-83-51-21-13-22-52-83)88(108-96)71-100-63-81-47-17-11-18-48-81/h11-28,47-58,73-80,87-98H,29-46,59-72H2,1-10H3/t75-,76-,77-,78-,79-,80-,87-,88-,89-,90+,91-,92-,93-,94+,95+,96?,97?/m1/s1/i63D,64D,65D,66D,67D,68D/t63?,64?,65?,66?,67?,68?,75-,76-,77-,78-,79-,80-,87-,88-,89-,90+,91-,92-,93-,94+,95+,96?,97?. The Hall–Kier alpha value is -5.20. The van der Waals surface area contributed by atoms with Crippen molar-refractivity contribution < 1.29 is 70.2 Å². The maximum atomic E-state index is 13.3. The van der Waals surface area contributed by atoms with Gasteiger partial charge in [-0.1, -0.05) is 367 Å². The van der Waals surface area contributed by atoms with Gasteiger partial charge in [0, 0.05) is 13.2 Å². The Labute approximate surface area is 674 Å². The number of hydrogen-bond donors (Lipinski definition) is 1. The Bertz CT molecular complexity index is 3440. The van der Waals surface area contributed by atoms with Crippen molar-refractivity contribution in [2.45, 2.75) is 305 Å². The highest BCUT2D eigenvalue weighted by molar-refractivity contribution is 5.18. The molecule has 0 aliphatic carbocycles. The molecule has 6 aromatic carbocycles. The smallest absolute Gasteiger partial charge is 0.187 e. The third kappa shape index (κ3) is 35.7. The van der Waals surface area contributed by atoms with Crippen LogP contribution in [0.5, 0.6) is 0 Å². The summed E-state index contributed by atoms with van der Waals surface area (Å²) >= 11 is 0. The molecule has 13 nitrogen and oxygen atoms in total. The molecule has 8 rings (SSSR count). The second kappa shape index (κ2) is 53.0. The molecule has 0 spiro atoms. The van der Waals surface area contributed by atoms with Crippen molar-refractivity contribution in [2.75, 3.05) is 39.6 Å². The molecule has 610 valence electrons. The lowest BCUT2D eigenvalue weighted by Crippen LogP contribution is -2.66. The average Bonchev–Trinajstić information content (AvgIpc) is 0.764. The predicted molar refractivity (Wildman–Crippen MR) is 444 cm³/mol. The Balaban J connectivity index is 1.12. The lowest BCUT2D eigenvalue weighted by molar-refractivity contribution is -0.381. The van der Waals surface area contributed by atoms with Crippen LogP contribution in [-0.4, -0.2) is 112 Å². The Morgan fingerprint density at radius 3 is 0.973 bits per heavy atom. The van der Waals surface area contributed by atoms with Gasteiger partial charge in [0.1, 0.15) is 54.9 Å². The van der Waals surface area contributed by atoms with Crippen molar-refractivity contribution in [1.29, 1.82) is 0 Å². The molecular weight excluding hydrogens is 1370 g/mol. The maximum absolute atomic E-state index is 13.3. The minimum absolute atomic E-state index is 0.111. The van der Waals surface area contributed by atoms with Gasteiger partial charge in [-0.25, -0.2) is 0 Å². The first-order chi connectivity index (χ1) is 56.1. The summed E-state index contributed by atoms with van der Waals surface area (Å²) in [7, 11) is 0. The van der Waals surface area contributed by atoms with Crippen LogP contribution in [0, 0.1) is 47.3 Å². The van der Waals surface area contributed by atoms with Crippen molar-refractivity contribution >= 4 is 0 Å². The molecule has 6 aromatic rings. The summed E-state index contributed by atoms with van der Waals surface area (Å²) in [5, 5.41) is 13.3. The van der Waals surface area contributed by atoms with E-state index in [0.29, 0.717) is 70.3 Å². The molecule has 2 aliphatic rings. The summed E-state index contributed by atoms with van der Waals surface area (Å²) < 4.78 is 140. The number of rotatable bonds is 58. The van der Waals surface area contributed by atoms with Crippen molar-refractivity contribution in [3.8, 4) is 0 Å². The van der Waals surface area contributed by atoms with E-state index < -0.39 is 107 Å². The zero-order valence-corrected chi connectivity index (χ0v) is 68.5. The van der Waals surface area contributed by atoms with E-state index in [9.17, 15) is 13.3 Å². The molecule has 0 radical (unpaired) electrons. The summed E-state index contributed by atoms with van der Waals surface area (Å²) in [6.45, 7) is 15.9. The van der Waals surface area contributed by atoms with Crippen molar-refractivity contribution in [3.05, 3.63) is 215 Å². The highest BCUT2D eigenvalue weighted by Crippen LogP contribution is 2.37. The van der Waals surface area contributed by atoms with E-state index in [0.717, 1.165) is 55.8 Å². The molecule has 0 amide bonds. The van der Waals surface area contributed by atoms with Crippen LogP contribution in [0.3, 0.4) is 0 Å². The third-order valence-corrected chi connectivity index (χ3v) is 21.7. The Morgan fingerprint density at radius 1 is 0.309 bits per heavy atom. The topological polar surface area (TPSA) is 131 Å². The highest BCUT2D eigenvalue weighted by atomic mass is 16.8. The van der Waals surface area contributed by atoms with Crippen LogP contribution < -0.4 is 0 Å². The molecule has 110 heavy (non-hydrogen) atoms. The minimum Gasteiger partial charge on any atom is -0.385 e. The third-order valence-electron chi connectivity index (χ3n) is 21.7.